The topological polar surface area (TPSA) is 108 Å². The number of likely N-dealkylation sites (tertiary alicyclic amines) is 1. The summed E-state index contributed by atoms with van der Waals surface area (Å²) in [5, 5.41) is 4.47. The normalized spacial score (nSPS) is 22.5. The molecule has 176 valence electrons. The van der Waals surface area contributed by atoms with Gasteiger partial charge in [0.25, 0.3) is 0 Å². The van der Waals surface area contributed by atoms with Gasteiger partial charge in [0.1, 0.15) is 24.2 Å². The second-order valence-electron chi connectivity index (χ2n) is 8.91. The third-order valence-electron chi connectivity index (χ3n) is 6.85. The molecule has 33 heavy (non-hydrogen) atoms. The quantitative estimate of drug-likeness (QED) is 0.470. The molecule has 1 amide bonds. The lowest BCUT2D eigenvalue weighted by atomic mass is 9.64. The van der Waals surface area contributed by atoms with Crippen molar-refractivity contribution in [3.63, 3.8) is 0 Å². The molecular formula is C23H27ClN4O5. The summed E-state index contributed by atoms with van der Waals surface area (Å²) in [6.45, 7) is 1.72. The number of hydrogen-bond acceptors (Lipinski definition) is 8. The van der Waals surface area contributed by atoms with Gasteiger partial charge >= 0.3 is 6.09 Å². The summed E-state index contributed by atoms with van der Waals surface area (Å²) < 4.78 is 16.7. The summed E-state index contributed by atoms with van der Waals surface area (Å²) in [4.78, 5) is 35.3. The van der Waals surface area contributed by atoms with E-state index in [1.54, 1.807) is 4.90 Å². The standard InChI is InChI=1S/C23H27ClN4O5/c24-17-14-18(31-12-13-32-22(30)28-10-3-4-11-28)26-21(25-17)19-15-6-5-9-23(20(15)33-27-19)8-2-1-7-16(23)29/h14H,1-13H2/t23-/m1/s1. The molecule has 1 spiro atoms. The fourth-order valence-corrected chi connectivity index (χ4v) is 5.39. The minimum absolute atomic E-state index is 0.107. The number of ketones is 1. The minimum atomic E-state index is -0.561. The van der Waals surface area contributed by atoms with Crippen molar-refractivity contribution in [2.24, 2.45) is 0 Å². The van der Waals surface area contributed by atoms with Gasteiger partial charge in [0.15, 0.2) is 17.3 Å². The molecule has 2 aliphatic carbocycles. The van der Waals surface area contributed by atoms with E-state index >= 15 is 0 Å². The highest BCUT2D eigenvalue weighted by molar-refractivity contribution is 6.29. The third-order valence-corrected chi connectivity index (χ3v) is 7.04. The number of nitrogens with zero attached hydrogens (tertiary/aromatic N) is 4. The third kappa shape index (κ3) is 4.30. The zero-order valence-electron chi connectivity index (χ0n) is 18.5. The number of carbonyl (C=O) groups is 2. The van der Waals surface area contributed by atoms with Gasteiger partial charge < -0.3 is 18.9 Å². The molecular weight excluding hydrogens is 448 g/mol. The maximum absolute atomic E-state index is 12.9. The Morgan fingerprint density at radius 3 is 2.73 bits per heavy atom. The summed E-state index contributed by atoms with van der Waals surface area (Å²) in [7, 11) is 0. The van der Waals surface area contributed by atoms with Gasteiger partial charge in [0.05, 0.1) is 5.41 Å². The number of carbonyl (C=O) groups excluding carboxylic acids is 2. The Morgan fingerprint density at radius 1 is 1.09 bits per heavy atom. The van der Waals surface area contributed by atoms with E-state index in [0.29, 0.717) is 23.7 Å². The molecule has 0 N–H and O–H groups in total. The van der Waals surface area contributed by atoms with E-state index in [4.69, 9.17) is 25.6 Å². The number of ether oxygens (including phenoxy) is 2. The van der Waals surface area contributed by atoms with Crippen LogP contribution in [0.1, 0.15) is 62.7 Å². The van der Waals surface area contributed by atoms with Crippen LogP contribution in [0.2, 0.25) is 5.15 Å². The first-order valence-corrected chi connectivity index (χ1v) is 12.1. The van der Waals surface area contributed by atoms with E-state index < -0.39 is 5.41 Å². The second-order valence-corrected chi connectivity index (χ2v) is 9.30. The summed E-state index contributed by atoms with van der Waals surface area (Å²) in [5.74, 6) is 1.49. The van der Waals surface area contributed by atoms with Gasteiger partial charge in [-0.1, -0.05) is 23.2 Å². The molecule has 2 aromatic heterocycles. The predicted octanol–water partition coefficient (Wildman–Crippen LogP) is 4.11. The van der Waals surface area contributed by atoms with Crippen molar-refractivity contribution < 1.29 is 23.6 Å². The van der Waals surface area contributed by atoms with Gasteiger partial charge in [-0.05, 0) is 44.9 Å². The fourth-order valence-electron chi connectivity index (χ4n) is 5.21. The maximum Gasteiger partial charge on any atom is 0.409 e. The second kappa shape index (κ2) is 9.29. The first-order chi connectivity index (χ1) is 16.1. The maximum atomic E-state index is 12.9. The van der Waals surface area contributed by atoms with Crippen LogP contribution in [0.25, 0.3) is 11.5 Å². The van der Waals surface area contributed by atoms with Gasteiger partial charge in [-0.25, -0.2) is 9.78 Å². The summed E-state index contributed by atoms with van der Waals surface area (Å²) >= 11 is 6.23. The van der Waals surface area contributed by atoms with E-state index in [-0.39, 0.29) is 36.1 Å². The smallest absolute Gasteiger partial charge is 0.409 e. The summed E-state index contributed by atoms with van der Waals surface area (Å²) in [6.07, 6.45) is 7.46. The van der Waals surface area contributed by atoms with Gasteiger partial charge in [0.2, 0.25) is 5.88 Å². The molecule has 2 aromatic rings. The molecule has 0 unspecified atom stereocenters. The SMILES string of the molecule is O=C(OCCOc1cc(Cl)nc(-c2noc3c2CCC[C@@]32CCCCC2=O)n1)N1CCCC1. The molecule has 9 nitrogen and oxygen atoms in total. The monoisotopic (exact) mass is 474 g/mol. The Bertz CT molecular complexity index is 1050. The van der Waals surface area contributed by atoms with Gasteiger partial charge in [-0.2, -0.15) is 4.98 Å². The van der Waals surface area contributed by atoms with Crippen LogP contribution in [0.5, 0.6) is 5.88 Å². The van der Waals surface area contributed by atoms with Crippen molar-refractivity contribution >= 4 is 23.5 Å². The van der Waals surface area contributed by atoms with Crippen LogP contribution < -0.4 is 4.74 Å². The van der Waals surface area contributed by atoms with Crippen LogP contribution in [0.4, 0.5) is 4.79 Å². The summed E-state index contributed by atoms with van der Waals surface area (Å²) in [6, 6.07) is 1.51. The number of fused-ring (bicyclic) bond motifs is 2. The predicted molar refractivity (Wildman–Crippen MR) is 118 cm³/mol. The van der Waals surface area contributed by atoms with Crippen molar-refractivity contribution in [3.8, 4) is 17.4 Å². The fraction of sp³-hybridized carbons (Fsp3) is 0.609. The molecule has 3 heterocycles. The molecule has 1 atom stereocenters. The lowest BCUT2D eigenvalue weighted by Gasteiger charge is -2.36. The Kier molecular flexibility index (Phi) is 6.23. The van der Waals surface area contributed by atoms with Gasteiger partial charge in [0, 0.05) is 31.1 Å². The Balaban J connectivity index is 1.30. The molecule has 3 aliphatic rings. The number of amides is 1. The van der Waals surface area contributed by atoms with E-state index in [2.05, 4.69) is 15.1 Å². The van der Waals surface area contributed by atoms with E-state index in [0.717, 1.165) is 70.0 Å². The van der Waals surface area contributed by atoms with Crippen molar-refractivity contribution in [3.05, 3.63) is 22.5 Å². The lowest BCUT2D eigenvalue weighted by Crippen LogP contribution is -2.41. The number of aromatic nitrogens is 3. The Labute approximate surface area is 196 Å². The van der Waals surface area contributed by atoms with E-state index in [1.807, 2.05) is 0 Å². The van der Waals surface area contributed by atoms with Crippen molar-refractivity contribution in [1.29, 1.82) is 0 Å². The van der Waals surface area contributed by atoms with Gasteiger partial charge in [-0.3, -0.25) is 4.79 Å². The molecule has 1 saturated heterocycles. The molecule has 10 heteroatoms. The zero-order valence-corrected chi connectivity index (χ0v) is 19.2. The van der Waals surface area contributed by atoms with E-state index in [1.165, 1.54) is 6.07 Å². The zero-order chi connectivity index (χ0) is 22.8. The highest BCUT2D eigenvalue weighted by atomic mass is 35.5. The molecule has 1 saturated carbocycles. The Hall–Kier alpha value is -2.68. The highest BCUT2D eigenvalue weighted by Gasteiger charge is 2.48. The van der Waals surface area contributed by atoms with Crippen LogP contribution in [0.15, 0.2) is 10.6 Å². The number of rotatable bonds is 5. The molecule has 2 fully saturated rings. The van der Waals surface area contributed by atoms with Crippen molar-refractivity contribution in [2.45, 2.75) is 63.2 Å². The Morgan fingerprint density at radius 2 is 1.91 bits per heavy atom. The van der Waals surface area contributed by atoms with Gasteiger partial charge in [-0.15, -0.1) is 0 Å². The molecule has 0 bridgehead atoms. The molecule has 0 radical (unpaired) electrons. The van der Waals surface area contributed by atoms with Crippen molar-refractivity contribution in [2.75, 3.05) is 26.3 Å². The average Bonchev–Trinajstić information content (AvgIpc) is 3.49. The number of halogens is 1. The van der Waals surface area contributed by atoms with Crippen molar-refractivity contribution in [1.82, 2.24) is 20.0 Å². The van der Waals surface area contributed by atoms with E-state index in [9.17, 15) is 9.59 Å². The van der Waals surface area contributed by atoms with Crippen LogP contribution in [-0.2, 0) is 21.4 Å². The first-order valence-electron chi connectivity index (χ1n) is 11.7. The van der Waals surface area contributed by atoms with Crippen LogP contribution in [0, 0.1) is 0 Å². The van der Waals surface area contributed by atoms with Crippen LogP contribution in [0.3, 0.4) is 0 Å². The molecule has 1 aliphatic heterocycles. The minimum Gasteiger partial charge on any atom is -0.474 e. The first kappa shape index (κ1) is 22.1. The lowest BCUT2D eigenvalue weighted by molar-refractivity contribution is -0.128. The average molecular weight is 475 g/mol. The summed E-state index contributed by atoms with van der Waals surface area (Å²) in [5.41, 5.74) is 0.841. The number of hydrogen-bond donors (Lipinski definition) is 0. The number of Topliss-reactive ketones (excluding diaryl/α,β-unsaturated/α-hetero) is 1. The van der Waals surface area contributed by atoms with Crippen LogP contribution in [-0.4, -0.2) is 58.2 Å². The highest BCUT2D eigenvalue weighted by Crippen LogP contribution is 2.47. The molecule has 5 rings (SSSR count). The molecule has 0 aromatic carbocycles. The largest absolute Gasteiger partial charge is 0.474 e. The van der Waals surface area contributed by atoms with Crippen LogP contribution >= 0.6 is 11.6 Å².